The molecule has 1 aliphatic heterocycles. The monoisotopic (exact) mass is 293 g/mol. The molecule has 2 aromatic rings. The summed E-state index contributed by atoms with van der Waals surface area (Å²) in [5.74, 6) is 1.49. The number of hydrogen-bond donors (Lipinski definition) is 0. The predicted molar refractivity (Wildman–Crippen MR) is 90.0 cm³/mol. The second-order valence-electron chi connectivity index (χ2n) is 5.13. The van der Waals surface area contributed by atoms with E-state index >= 15 is 0 Å². The van der Waals surface area contributed by atoms with E-state index < -0.39 is 0 Å². The summed E-state index contributed by atoms with van der Waals surface area (Å²) in [6.45, 7) is 0.851. The lowest BCUT2D eigenvalue weighted by atomic mass is 10.00. The van der Waals surface area contributed by atoms with Crippen molar-refractivity contribution in [3.63, 3.8) is 0 Å². The van der Waals surface area contributed by atoms with Crippen LogP contribution in [0.4, 0.5) is 0 Å². The number of hydrogen-bond acceptors (Lipinski definition) is 3. The van der Waals surface area contributed by atoms with Gasteiger partial charge in [-0.15, -0.1) is 0 Å². The molecular weight excluding hydrogens is 274 g/mol. The fraction of sp³-hybridized carbons (Fsp3) is 0.211. The Morgan fingerprint density at radius 1 is 0.955 bits per heavy atom. The zero-order valence-electron chi connectivity index (χ0n) is 12.9. The van der Waals surface area contributed by atoms with Crippen molar-refractivity contribution >= 4 is 11.8 Å². The van der Waals surface area contributed by atoms with Crippen LogP contribution in [-0.2, 0) is 0 Å². The van der Waals surface area contributed by atoms with Crippen molar-refractivity contribution in [1.29, 1.82) is 0 Å². The van der Waals surface area contributed by atoms with Crippen LogP contribution in [-0.4, -0.2) is 26.5 Å². The van der Waals surface area contributed by atoms with Crippen molar-refractivity contribution in [3.05, 3.63) is 65.2 Å². The molecule has 1 aliphatic rings. The molecule has 0 unspecified atom stereocenters. The predicted octanol–water partition coefficient (Wildman–Crippen LogP) is 3.98. The Labute approximate surface area is 130 Å². The average Bonchev–Trinajstić information content (AvgIpc) is 3.03. The molecule has 22 heavy (non-hydrogen) atoms. The lowest BCUT2D eigenvalue weighted by Gasteiger charge is -2.09. The minimum atomic E-state index is 0.744. The molecule has 0 spiro atoms. The molecular formula is C19H19NO2. The largest absolute Gasteiger partial charge is 0.493 e. The molecule has 0 radical (unpaired) electrons. The number of ether oxygens (including phenoxy) is 2. The summed E-state index contributed by atoms with van der Waals surface area (Å²) in [6, 6.07) is 16.3. The van der Waals surface area contributed by atoms with Gasteiger partial charge in [0.15, 0.2) is 11.5 Å². The van der Waals surface area contributed by atoms with Crippen LogP contribution < -0.4 is 9.47 Å². The standard InChI is InChI=1S/C19H19NO2/c1-21-17-9-8-14(13-18(17)22-2)12-16-10-11-20-19(16)15-6-4-3-5-7-15/h3-9,12-13H,10-11H2,1-2H3. The Morgan fingerprint density at radius 2 is 1.73 bits per heavy atom. The maximum absolute atomic E-state index is 5.37. The van der Waals surface area contributed by atoms with Gasteiger partial charge in [-0.2, -0.15) is 0 Å². The van der Waals surface area contributed by atoms with Crippen molar-refractivity contribution in [2.24, 2.45) is 4.99 Å². The highest BCUT2D eigenvalue weighted by Gasteiger charge is 2.15. The van der Waals surface area contributed by atoms with Crippen molar-refractivity contribution in [3.8, 4) is 11.5 Å². The maximum Gasteiger partial charge on any atom is 0.161 e. The second-order valence-corrected chi connectivity index (χ2v) is 5.13. The zero-order valence-corrected chi connectivity index (χ0v) is 12.9. The van der Waals surface area contributed by atoms with Crippen LogP contribution in [0.25, 0.3) is 6.08 Å². The van der Waals surface area contributed by atoms with E-state index in [1.165, 1.54) is 11.1 Å². The van der Waals surface area contributed by atoms with Gasteiger partial charge in [-0.1, -0.05) is 36.4 Å². The third kappa shape index (κ3) is 2.89. The quantitative estimate of drug-likeness (QED) is 0.853. The fourth-order valence-corrected chi connectivity index (χ4v) is 2.67. The molecule has 0 aromatic heterocycles. The topological polar surface area (TPSA) is 30.8 Å². The summed E-state index contributed by atoms with van der Waals surface area (Å²) in [7, 11) is 3.30. The van der Waals surface area contributed by atoms with E-state index in [1.54, 1.807) is 14.2 Å². The molecule has 2 aromatic carbocycles. The fourth-order valence-electron chi connectivity index (χ4n) is 2.67. The van der Waals surface area contributed by atoms with Gasteiger partial charge in [0.2, 0.25) is 0 Å². The highest BCUT2D eigenvalue weighted by molar-refractivity contribution is 6.16. The van der Waals surface area contributed by atoms with E-state index in [0.29, 0.717) is 0 Å². The van der Waals surface area contributed by atoms with Gasteiger partial charge in [0.05, 0.1) is 19.9 Å². The minimum Gasteiger partial charge on any atom is -0.493 e. The van der Waals surface area contributed by atoms with Gasteiger partial charge in [-0.3, -0.25) is 4.99 Å². The first-order valence-electron chi connectivity index (χ1n) is 7.34. The Hall–Kier alpha value is -2.55. The Kier molecular flexibility index (Phi) is 4.24. The first kappa shape index (κ1) is 14.4. The van der Waals surface area contributed by atoms with Crippen LogP contribution in [0, 0.1) is 0 Å². The lowest BCUT2D eigenvalue weighted by Crippen LogP contribution is -1.99. The molecule has 3 heteroatoms. The molecule has 0 amide bonds. The van der Waals surface area contributed by atoms with Gasteiger partial charge in [-0.25, -0.2) is 0 Å². The average molecular weight is 293 g/mol. The van der Waals surface area contributed by atoms with Gasteiger partial charge in [0, 0.05) is 6.54 Å². The van der Waals surface area contributed by atoms with Gasteiger partial charge in [-0.05, 0) is 41.3 Å². The van der Waals surface area contributed by atoms with Crippen molar-refractivity contribution in [1.82, 2.24) is 0 Å². The molecule has 0 fully saturated rings. The summed E-state index contributed by atoms with van der Waals surface area (Å²) in [4.78, 5) is 4.65. The summed E-state index contributed by atoms with van der Waals surface area (Å²) < 4.78 is 10.7. The van der Waals surface area contributed by atoms with Crippen molar-refractivity contribution in [2.75, 3.05) is 20.8 Å². The summed E-state index contributed by atoms with van der Waals surface area (Å²) in [6.07, 6.45) is 3.15. The number of benzene rings is 2. The van der Waals surface area contributed by atoms with Gasteiger partial charge >= 0.3 is 0 Å². The minimum absolute atomic E-state index is 0.744. The lowest BCUT2D eigenvalue weighted by molar-refractivity contribution is 0.355. The highest BCUT2D eigenvalue weighted by Crippen LogP contribution is 2.29. The van der Waals surface area contributed by atoms with Gasteiger partial charge in [0.25, 0.3) is 0 Å². The molecule has 3 rings (SSSR count). The van der Waals surface area contributed by atoms with Gasteiger partial charge in [0.1, 0.15) is 0 Å². The summed E-state index contributed by atoms with van der Waals surface area (Å²) >= 11 is 0. The Morgan fingerprint density at radius 3 is 2.45 bits per heavy atom. The zero-order chi connectivity index (χ0) is 15.4. The van der Waals surface area contributed by atoms with Crippen LogP contribution >= 0.6 is 0 Å². The first-order chi connectivity index (χ1) is 10.8. The molecule has 0 atom stereocenters. The smallest absolute Gasteiger partial charge is 0.161 e. The molecule has 0 saturated heterocycles. The third-order valence-corrected chi connectivity index (χ3v) is 3.75. The van der Waals surface area contributed by atoms with E-state index in [4.69, 9.17) is 9.47 Å². The number of nitrogens with zero attached hydrogens (tertiary/aromatic N) is 1. The van der Waals surface area contributed by atoms with E-state index in [-0.39, 0.29) is 0 Å². The first-order valence-corrected chi connectivity index (χ1v) is 7.34. The number of rotatable bonds is 4. The maximum atomic E-state index is 5.37. The van der Waals surface area contributed by atoms with Crippen LogP contribution in [0.5, 0.6) is 11.5 Å². The van der Waals surface area contributed by atoms with Crippen LogP contribution in [0.3, 0.4) is 0 Å². The normalized spacial score (nSPS) is 15.7. The van der Waals surface area contributed by atoms with Crippen molar-refractivity contribution in [2.45, 2.75) is 6.42 Å². The van der Waals surface area contributed by atoms with Crippen molar-refractivity contribution < 1.29 is 9.47 Å². The van der Waals surface area contributed by atoms with Crippen LogP contribution in [0.1, 0.15) is 17.5 Å². The van der Waals surface area contributed by atoms with E-state index in [2.05, 4.69) is 23.2 Å². The molecule has 112 valence electrons. The summed E-state index contributed by atoms with van der Waals surface area (Å²) in [5.41, 5.74) is 4.62. The van der Waals surface area contributed by atoms with Crippen LogP contribution in [0.2, 0.25) is 0 Å². The third-order valence-electron chi connectivity index (χ3n) is 3.75. The summed E-state index contributed by atoms with van der Waals surface area (Å²) in [5, 5.41) is 0. The Bertz CT molecular complexity index is 717. The SMILES string of the molecule is COc1ccc(C=C2CCN=C2c2ccccc2)cc1OC. The van der Waals surface area contributed by atoms with E-state index in [1.807, 2.05) is 36.4 Å². The number of methoxy groups -OCH3 is 2. The van der Waals surface area contributed by atoms with E-state index in [0.717, 1.165) is 35.7 Å². The van der Waals surface area contributed by atoms with Gasteiger partial charge < -0.3 is 9.47 Å². The van der Waals surface area contributed by atoms with Crippen LogP contribution in [0.15, 0.2) is 59.1 Å². The number of aliphatic imine (C=N–C) groups is 1. The molecule has 0 aliphatic carbocycles. The molecule has 0 N–H and O–H groups in total. The molecule has 3 nitrogen and oxygen atoms in total. The second kappa shape index (κ2) is 6.48. The molecule has 1 heterocycles. The van der Waals surface area contributed by atoms with E-state index in [9.17, 15) is 0 Å². The Balaban J connectivity index is 1.93. The highest BCUT2D eigenvalue weighted by atomic mass is 16.5. The molecule has 0 bridgehead atoms. The molecule has 0 saturated carbocycles.